The summed E-state index contributed by atoms with van der Waals surface area (Å²) in [5, 5.41) is 17.2. The van der Waals surface area contributed by atoms with Gasteiger partial charge in [0.2, 0.25) is 15.6 Å². The van der Waals surface area contributed by atoms with E-state index in [2.05, 4.69) is 45.8 Å². The first kappa shape index (κ1) is 26.1. The Morgan fingerprint density at radius 1 is 1.44 bits per heavy atom. The van der Waals surface area contributed by atoms with Crippen LogP contribution in [-0.4, -0.2) is 78.6 Å². The molecule has 0 aliphatic carbocycles. The van der Waals surface area contributed by atoms with Crippen molar-refractivity contribution < 1.29 is 19.5 Å². The number of hydrogen-bond acceptors (Lipinski definition) is 9. The van der Waals surface area contributed by atoms with E-state index in [4.69, 9.17) is 5.73 Å². The maximum Gasteiger partial charge on any atom is 0.239 e. The van der Waals surface area contributed by atoms with E-state index in [0.29, 0.717) is 30.6 Å². The monoisotopic (exact) mass is 643 g/mol. The van der Waals surface area contributed by atoms with Gasteiger partial charge in [0.1, 0.15) is 5.70 Å². The van der Waals surface area contributed by atoms with Crippen molar-refractivity contribution in [3.8, 4) is 0 Å². The van der Waals surface area contributed by atoms with Crippen LogP contribution in [0.3, 0.4) is 0 Å². The van der Waals surface area contributed by atoms with Crippen LogP contribution in [0.15, 0.2) is 45.1 Å². The molecule has 2 fully saturated rings. The molecule has 0 spiro atoms. The smallest absolute Gasteiger partial charge is 0.239 e. The SMILES string of the molecule is C[C@@H](O)[C@H]1C(=O)N2C(C(=O)I)=C(S[C@@H]3CN[C@H](/C=C/C4=CSC5=CN(CCC(N)=O)CN45)C3)[C@H](C)[C@H]12. The number of carbonyl (C=O) groups is 3. The molecular weight excluding hydrogens is 613 g/mol. The maximum atomic E-state index is 12.7. The summed E-state index contributed by atoms with van der Waals surface area (Å²) in [6, 6.07) is 0.0887. The molecule has 5 heterocycles. The third-order valence-corrected chi connectivity index (χ3v) is 10.3. The van der Waals surface area contributed by atoms with E-state index < -0.39 is 12.0 Å². The lowest BCUT2D eigenvalue weighted by atomic mass is 9.79. The molecule has 5 aliphatic rings. The van der Waals surface area contributed by atoms with Gasteiger partial charge in [0, 0.05) is 81.5 Å². The number of amides is 2. The van der Waals surface area contributed by atoms with Crippen LogP contribution in [0.5, 0.6) is 0 Å². The molecule has 36 heavy (non-hydrogen) atoms. The van der Waals surface area contributed by atoms with E-state index in [-0.39, 0.29) is 33.6 Å². The summed E-state index contributed by atoms with van der Waals surface area (Å²) in [5.41, 5.74) is 6.92. The highest BCUT2D eigenvalue weighted by atomic mass is 127. The van der Waals surface area contributed by atoms with Crippen molar-refractivity contribution >= 4 is 61.7 Å². The Morgan fingerprint density at radius 2 is 2.22 bits per heavy atom. The number of nitrogens with two attached hydrogens (primary N) is 1. The highest BCUT2D eigenvalue weighted by Gasteiger charge is 2.59. The number of thioether (sulfide) groups is 2. The van der Waals surface area contributed by atoms with Crippen molar-refractivity contribution in [2.45, 2.75) is 50.1 Å². The molecule has 9 nitrogen and oxygen atoms in total. The Kier molecular flexibility index (Phi) is 7.52. The number of hydrogen-bond donors (Lipinski definition) is 3. The van der Waals surface area contributed by atoms with Gasteiger partial charge in [-0.15, -0.1) is 11.8 Å². The Bertz CT molecular complexity index is 1110. The number of rotatable bonds is 9. The van der Waals surface area contributed by atoms with Crippen molar-refractivity contribution in [1.82, 2.24) is 20.0 Å². The van der Waals surface area contributed by atoms with E-state index in [9.17, 15) is 19.5 Å². The highest BCUT2D eigenvalue weighted by molar-refractivity contribution is 14.1. The summed E-state index contributed by atoms with van der Waals surface area (Å²) in [7, 11) is 0. The Hall–Kier alpha value is -1.48. The average Bonchev–Trinajstić information content (AvgIpc) is 3.55. The Labute approximate surface area is 232 Å². The molecule has 2 saturated heterocycles. The third-order valence-electron chi connectivity index (χ3n) is 7.35. The molecular formula is C24H30IN5O4S2. The van der Waals surface area contributed by atoms with Crippen molar-refractivity contribution in [3.63, 3.8) is 0 Å². The van der Waals surface area contributed by atoms with E-state index in [1.807, 2.05) is 0 Å². The molecule has 0 aromatic carbocycles. The van der Waals surface area contributed by atoms with Crippen molar-refractivity contribution in [3.05, 3.63) is 45.1 Å². The lowest BCUT2D eigenvalue weighted by Crippen LogP contribution is -2.63. The number of primary amides is 1. The average molecular weight is 644 g/mol. The molecule has 0 radical (unpaired) electrons. The van der Waals surface area contributed by atoms with Crippen LogP contribution >= 0.6 is 46.1 Å². The predicted octanol–water partition coefficient (Wildman–Crippen LogP) is 1.87. The molecule has 0 saturated carbocycles. The van der Waals surface area contributed by atoms with Gasteiger partial charge in [-0.3, -0.25) is 14.4 Å². The molecule has 0 bridgehead atoms. The summed E-state index contributed by atoms with van der Waals surface area (Å²) in [5.74, 6) is -0.835. The second-order valence-corrected chi connectivity index (χ2v) is 13.0. The standard InChI is InChI=1S/C24H30IN5O4S2/c1-12-20-19(13(2)31)24(34)30(20)21(23(25)33)22(12)36-16-7-14(27-8-16)3-4-15-10-35-18-9-28(11-29(15)18)6-5-17(26)32/h3-4,9-10,12-14,16,19-20,27,31H,5-8,11H2,1-2H3,(H2,26,32)/b4-3+/t12-,13-,14-,16+,19-,20-/m1/s1. The normalized spacial score (nSPS) is 32.2. The van der Waals surface area contributed by atoms with Crippen LogP contribution in [0.25, 0.3) is 0 Å². The zero-order valence-corrected chi connectivity index (χ0v) is 23.9. The number of aliphatic hydroxyl groups is 1. The highest BCUT2D eigenvalue weighted by Crippen LogP contribution is 2.52. The minimum atomic E-state index is -0.719. The first-order chi connectivity index (χ1) is 17.2. The molecule has 5 aliphatic heterocycles. The van der Waals surface area contributed by atoms with Crippen molar-refractivity contribution in [1.29, 1.82) is 0 Å². The van der Waals surface area contributed by atoms with Gasteiger partial charge in [-0.1, -0.05) is 24.8 Å². The van der Waals surface area contributed by atoms with Crippen LogP contribution < -0.4 is 11.1 Å². The van der Waals surface area contributed by atoms with Crippen molar-refractivity contribution in [2.75, 3.05) is 19.8 Å². The zero-order chi connectivity index (χ0) is 25.7. The first-order valence-corrected chi connectivity index (χ1v) is 14.9. The molecule has 2 amide bonds. The van der Waals surface area contributed by atoms with E-state index in [0.717, 1.165) is 28.6 Å². The van der Waals surface area contributed by atoms with Gasteiger partial charge in [0.15, 0.2) is 0 Å². The van der Waals surface area contributed by atoms with Crippen LogP contribution in [0.2, 0.25) is 0 Å². The van der Waals surface area contributed by atoms with Gasteiger partial charge in [0.05, 0.1) is 29.8 Å². The summed E-state index contributed by atoms with van der Waals surface area (Å²) in [4.78, 5) is 43.2. The molecule has 6 atom stereocenters. The van der Waals surface area contributed by atoms with Crippen LogP contribution in [0.1, 0.15) is 26.7 Å². The Morgan fingerprint density at radius 3 is 2.92 bits per heavy atom. The van der Waals surface area contributed by atoms with Crippen molar-refractivity contribution in [2.24, 2.45) is 17.6 Å². The quantitative estimate of drug-likeness (QED) is 0.197. The maximum absolute atomic E-state index is 12.7. The van der Waals surface area contributed by atoms with Gasteiger partial charge in [-0.25, -0.2) is 0 Å². The number of aliphatic hydroxyl groups excluding tert-OH is 1. The van der Waals surface area contributed by atoms with E-state index in [1.54, 1.807) is 57.9 Å². The minimum absolute atomic E-state index is 0.0363. The number of nitrogens with zero attached hydrogens (tertiary/aromatic N) is 3. The fourth-order valence-corrected chi connectivity index (χ4v) is 8.73. The number of fused-ring (bicyclic) bond motifs is 2. The van der Waals surface area contributed by atoms with Crippen LogP contribution in [0.4, 0.5) is 0 Å². The summed E-state index contributed by atoms with van der Waals surface area (Å²) >= 11 is 5.16. The number of nitrogens with one attached hydrogen (secondary N) is 1. The van der Waals surface area contributed by atoms with Crippen LogP contribution in [0, 0.1) is 11.8 Å². The van der Waals surface area contributed by atoms with E-state index >= 15 is 0 Å². The molecule has 5 rings (SSSR count). The summed E-state index contributed by atoms with van der Waals surface area (Å²) < 4.78 is -0.116. The third kappa shape index (κ3) is 4.74. The van der Waals surface area contributed by atoms with Gasteiger partial charge in [-0.05, 0) is 19.4 Å². The minimum Gasteiger partial charge on any atom is -0.393 e. The molecule has 0 aromatic rings. The number of β-lactam (4-membered cyclic amide) rings is 1. The van der Waals surface area contributed by atoms with Gasteiger partial charge >= 0.3 is 0 Å². The molecule has 4 N–H and O–H groups in total. The fourth-order valence-electron chi connectivity index (χ4n) is 5.55. The number of allylic oxidation sites excluding steroid dienone is 2. The summed E-state index contributed by atoms with van der Waals surface area (Å²) in [6.07, 6.45) is 6.96. The largest absolute Gasteiger partial charge is 0.393 e. The number of carbonyl (C=O) groups excluding carboxylic acids is 3. The summed E-state index contributed by atoms with van der Waals surface area (Å²) in [6.45, 7) is 5.87. The predicted molar refractivity (Wildman–Crippen MR) is 149 cm³/mol. The second-order valence-electron chi connectivity index (χ2n) is 9.82. The van der Waals surface area contributed by atoms with Gasteiger partial charge < -0.3 is 30.9 Å². The van der Waals surface area contributed by atoms with Gasteiger partial charge in [-0.2, -0.15) is 0 Å². The lowest BCUT2D eigenvalue weighted by Gasteiger charge is -2.46. The van der Waals surface area contributed by atoms with Gasteiger partial charge in [0.25, 0.3) is 0 Å². The lowest BCUT2D eigenvalue weighted by molar-refractivity contribution is -0.160. The molecule has 0 unspecified atom stereocenters. The molecule has 0 aromatic heterocycles. The molecule has 12 heteroatoms. The van der Waals surface area contributed by atoms with E-state index in [1.165, 1.54) is 0 Å². The zero-order valence-electron chi connectivity index (χ0n) is 20.1. The fraction of sp³-hybridized carbons (Fsp3) is 0.542. The first-order valence-electron chi connectivity index (χ1n) is 12.1. The molecule has 194 valence electrons. The number of halogens is 1. The topological polar surface area (TPSA) is 119 Å². The van der Waals surface area contributed by atoms with Crippen LogP contribution in [-0.2, 0) is 14.4 Å². The Balaban J connectivity index is 1.19. The second kappa shape index (κ2) is 10.4.